The van der Waals surface area contributed by atoms with Crippen LogP contribution in [0.15, 0.2) is 0 Å². The molecule has 11 heavy (non-hydrogen) atoms. The fourth-order valence-corrected chi connectivity index (χ4v) is 1.25. The van der Waals surface area contributed by atoms with E-state index >= 15 is 0 Å². The number of hydrogen-bond donors (Lipinski definition) is 1. The molecule has 2 N–H and O–H groups in total. The minimum absolute atomic E-state index is 0.0602. The summed E-state index contributed by atoms with van der Waals surface area (Å²) in [4.78, 5) is 7.08. The van der Waals surface area contributed by atoms with E-state index in [4.69, 9.17) is 10.7 Å². The summed E-state index contributed by atoms with van der Waals surface area (Å²) in [6, 6.07) is 0. The van der Waals surface area contributed by atoms with Crippen molar-refractivity contribution in [1.82, 2.24) is 4.90 Å². The van der Waals surface area contributed by atoms with Crippen molar-refractivity contribution in [1.29, 1.82) is 0 Å². The van der Waals surface area contributed by atoms with E-state index in [9.17, 15) is 0 Å². The van der Waals surface area contributed by atoms with Gasteiger partial charge in [-0.25, -0.2) is 5.90 Å². The minimum atomic E-state index is 0.0602. The zero-order valence-electron chi connectivity index (χ0n) is 8.00. The minimum Gasteiger partial charge on any atom is -0.285 e. The normalized spacial score (nSPS) is 14.5. The van der Waals surface area contributed by atoms with Crippen molar-refractivity contribution in [2.75, 3.05) is 13.1 Å². The molecule has 0 rings (SSSR count). The second-order valence-corrected chi connectivity index (χ2v) is 2.99. The third-order valence-electron chi connectivity index (χ3n) is 1.88. The maximum absolute atomic E-state index is 5.18. The molecule has 0 radical (unpaired) electrons. The van der Waals surface area contributed by atoms with E-state index < -0.39 is 0 Å². The monoisotopic (exact) mass is 160 g/mol. The Balaban J connectivity index is 3.98. The molecule has 0 saturated carbocycles. The van der Waals surface area contributed by atoms with E-state index in [1.54, 1.807) is 0 Å². The van der Waals surface area contributed by atoms with Gasteiger partial charge in [0.1, 0.15) is 6.23 Å². The number of nitrogens with two attached hydrogens (primary N) is 1. The van der Waals surface area contributed by atoms with Crippen LogP contribution in [0.25, 0.3) is 0 Å². The average Bonchev–Trinajstić information content (AvgIpc) is 1.99. The molecular formula is C8H20N2O. The third kappa shape index (κ3) is 3.18. The maximum atomic E-state index is 5.18. The molecule has 0 aromatic carbocycles. The predicted octanol–water partition coefficient (Wildman–Crippen LogP) is 1.20. The van der Waals surface area contributed by atoms with Crippen molar-refractivity contribution in [3.63, 3.8) is 0 Å². The van der Waals surface area contributed by atoms with Crippen LogP contribution in [0.4, 0.5) is 0 Å². The van der Waals surface area contributed by atoms with Crippen molar-refractivity contribution >= 4 is 0 Å². The Kier molecular flexibility index (Phi) is 5.46. The van der Waals surface area contributed by atoms with E-state index in [1.165, 1.54) is 0 Å². The highest BCUT2D eigenvalue weighted by Gasteiger charge is 2.18. The van der Waals surface area contributed by atoms with Gasteiger partial charge in [0.2, 0.25) is 0 Å². The van der Waals surface area contributed by atoms with Gasteiger partial charge in [-0.3, -0.25) is 9.74 Å². The molecule has 0 aromatic heterocycles. The summed E-state index contributed by atoms with van der Waals surface area (Å²) in [5, 5.41) is 0. The van der Waals surface area contributed by atoms with Gasteiger partial charge in [0.25, 0.3) is 0 Å². The molecule has 0 heterocycles. The molecular weight excluding hydrogens is 140 g/mol. The summed E-state index contributed by atoms with van der Waals surface area (Å²) in [5.41, 5.74) is 0. The highest BCUT2D eigenvalue weighted by molar-refractivity contribution is 4.62. The van der Waals surface area contributed by atoms with E-state index in [-0.39, 0.29) is 6.23 Å². The van der Waals surface area contributed by atoms with Gasteiger partial charge in [-0.05, 0) is 19.0 Å². The lowest BCUT2D eigenvalue weighted by Gasteiger charge is -2.30. The molecule has 0 spiro atoms. The van der Waals surface area contributed by atoms with Gasteiger partial charge in [-0.15, -0.1) is 0 Å². The molecule has 0 aliphatic rings. The highest BCUT2D eigenvalue weighted by Crippen LogP contribution is 2.09. The van der Waals surface area contributed by atoms with Crippen LogP contribution < -0.4 is 5.90 Å². The van der Waals surface area contributed by atoms with E-state index in [0.29, 0.717) is 5.92 Å². The van der Waals surface area contributed by atoms with Gasteiger partial charge in [0, 0.05) is 0 Å². The van der Waals surface area contributed by atoms with Crippen molar-refractivity contribution in [3.8, 4) is 0 Å². The predicted molar refractivity (Wildman–Crippen MR) is 46.8 cm³/mol. The Morgan fingerprint density at radius 1 is 1.27 bits per heavy atom. The molecule has 68 valence electrons. The number of hydrogen-bond acceptors (Lipinski definition) is 3. The molecule has 0 saturated heterocycles. The molecule has 0 fully saturated rings. The molecule has 0 aliphatic heterocycles. The Morgan fingerprint density at radius 3 is 1.82 bits per heavy atom. The number of nitrogens with zero attached hydrogens (tertiary/aromatic N) is 1. The second kappa shape index (κ2) is 5.52. The van der Waals surface area contributed by atoms with Crippen LogP contribution in [0.3, 0.4) is 0 Å². The Labute approximate surface area is 69.5 Å². The molecule has 3 nitrogen and oxygen atoms in total. The molecule has 0 aromatic rings. The van der Waals surface area contributed by atoms with E-state index in [1.807, 2.05) is 0 Å². The van der Waals surface area contributed by atoms with Gasteiger partial charge >= 0.3 is 0 Å². The lowest BCUT2D eigenvalue weighted by atomic mass is 10.1. The molecule has 0 amide bonds. The topological polar surface area (TPSA) is 38.5 Å². The highest BCUT2D eigenvalue weighted by atomic mass is 16.6. The Bertz CT molecular complexity index is 92.1. The van der Waals surface area contributed by atoms with Crippen LogP contribution in [0.2, 0.25) is 0 Å². The van der Waals surface area contributed by atoms with Crippen LogP contribution >= 0.6 is 0 Å². The SMILES string of the molecule is CCN(CC)C(ON)C(C)C. The van der Waals surface area contributed by atoms with Crippen LogP contribution in [-0.4, -0.2) is 24.2 Å². The largest absolute Gasteiger partial charge is 0.285 e. The van der Waals surface area contributed by atoms with Crippen molar-refractivity contribution in [2.45, 2.75) is 33.9 Å². The van der Waals surface area contributed by atoms with Gasteiger partial charge in [-0.1, -0.05) is 27.7 Å². The first kappa shape index (κ1) is 10.9. The molecule has 3 heteroatoms. The first-order valence-electron chi connectivity index (χ1n) is 4.26. The van der Waals surface area contributed by atoms with E-state index in [2.05, 4.69) is 32.6 Å². The van der Waals surface area contributed by atoms with Crippen molar-refractivity contribution in [3.05, 3.63) is 0 Å². The molecule has 1 unspecified atom stereocenters. The van der Waals surface area contributed by atoms with Gasteiger partial charge in [0.05, 0.1) is 0 Å². The van der Waals surface area contributed by atoms with Crippen LogP contribution in [-0.2, 0) is 4.84 Å². The van der Waals surface area contributed by atoms with Crippen LogP contribution in [0, 0.1) is 5.92 Å². The smallest absolute Gasteiger partial charge is 0.134 e. The van der Waals surface area contributed by atoms with Crippen LogP contribution in [0.5, 0.6) is 0 Å². The van der Waals surface area contributed by atoms with E-state index in [0.717, 1.165) is 13.1 Å². The standard InChI is InChI=1S/C8H20N2O/c1-5-10(6-2)8(11-9)7(3)4/h7-8H,5-6,9H2,1-4H3. The maximum Gasteiger partial charge on any atom is 0.134 e. The second-order valence-electron chi connectivity index (χ2n) is 2.99. The zero-order chi connectivity index (χ0) is 8.85. The molecule has 0 aliphatic carbocycles. The fourth-order valence-electron chi connectivity index (χ4n) is 1.25. The fraction of sp³-hybridized carbons (Fsp3) is 1.00. The van der Waals surface area contributed by atoms with Gasteiger partial charge < -0.3 is 0 Å². The van der Waals surface area contributed by atoms with Crippen molar-refractivity contribution in [2.24, 2.45) is 11.8 Å². The summed E-state index contributed by atoms with van der Waals surface area (Å²) < 4.78 is 0. The summed E-state index contributed by atoms with van der Waals surface area (Å²) in [6.45, 7) is 10.4. The molecule has 0 bridgehead atoms. The zero-order valence-corrected chi connectivity index (χ0v) is 8.00. The summed E-state index contributed by atoms with van der Waals surface area (Å²) in [5.74, 6) is 5.63. The number of rotatable bonds is 5. The molecule has 1 atom stereocenters. The van der Waals surface area contributed by atoms with Crippen LogP contribution in [0.1, 0.15) is 27.7 Å². The van der Waals surface area contributed by atoms with Gasteiger partial charge in [0.15, 0.2) is 0 Å². The first-order chi connectivity index (χ1) is 5.17. The third-order valence-corrected chi connectivity index (χ3v) is 1.88. The van der Waals surface area contributed by atoms with Crippen molar-refractivity contribution < 1.29 is 4.84 Å². The quantitative estimate of drug-likeness (QED) is 0.485. The van der Waals surface area contributed by atoms with Gasteiger partial charge in [-0.2, -0.15) is 0 Å². The lowest BCUT2D eigenvalue weighted by Crippen LogP contribution is -2.42. The summed E-state index contributed by atoms with van der Waals surface area (Å²) in [7, 11) is 0. The first-order valence-corrected chi connectivity index (χ1v) is 4.26. The summed E-state index contributed by atoms with van der Waals surface area (Å²) >= 11 is 0. The summed E-state index contributed by atoms with van der Waals surface area (Å²) in [6.07, 6.45) is 0.0602. The Morgan fingerprint density at radius 2 is 1.73 bits per heavy atom. The lowest BCUT2D eigenvalue weighted by molar-refractivity contribution is -0.0848. The Hall–Kier alpha value is -0.120. The average molecular weight is 160 g/mol.